The summed E-state index contributed by atoms with van der Waals surface area (Å²) in [5, 5.41) is 10.6. The van der Waals surface area contributed by atoms with E-state index in [4.69, 9.17) is 0 Å². The van der Waals surface area contributed by atoms with E-state index in [1.54, 1.807) is 18.5 Å². The molecular weight excluding hydrogens is 278 g/mol. The molecule has 0 saturated carbocycles. The zero-order valence-corrected chi connectivity index (χ0v) is 12.9. The van der Waals surface area contributed by atoms with E-state index in [-0.39, 0.29) is 6.03 Å². The molecular formula is C16H19N5O. The smallest absolute Gasteiger partial charge is 0.332 e. The Balaban J connectivity index is 0.000000847. The third-order valence-corrected chi connectivity index (χ3v) is 3.13. The lowest BCUT2D eigenvalue weighted by Gasteiger charge is -2.07. The molecule has 2 aromatic heterocycles. The molecule has 1 amide bonds. The van der Waals surface area contributed by atoms with Crippen LogP contribution >= 0.6 is 0 Å². The second-order valence-corrected chi connectivity index (χ2v) is 4.45. The maximum Gasteiger partial charge on any atom is 0.344 e. The largest absolute Gasteiger partial charge is 0.344 e. The number of aryl methyl sites for hydroxylation is 1. The molecule has 2 heterocycles. The van der Waals surface area contributed by atoms with Crippen molar-refractivity contribution in [1.29, 1.82) is 0 Å². The first-order chi connectivity index (χ1) is 10.8. The summed E-state index contributed by atoms with van der Waals surface area (Å²) in [5.41, 5.74) is 3.45. The minimum Gasteiger partial charge on any atom is -0.332 e. The first-order valence-electron chi connectivity index (χ1n) is 7.24. The topological polar surface area (TPSA) is 72.7 Å². The van der Waals surface area contributed by atoms with Crippen molar-refractivity contribution < 1.29 is 4.79 Å². The number of nitrogens with zero attached hydrogens (tertiary/aromatic N) is 4. The van der Waals surface area contributed by atoms with Crippen molar-refractivity contribution >= 4 is 17.1 Å². The van der Waals surface area contributed by atoms with Gasteiger partial charge in [0.2, 0.25) is 0 Å². The summed E-state index contributed by atoms with van der Waals surface area (Å²) in [5.74, 6) is 0. The molecule has 0 fully saturated rings. The molecule has 0 spiro atoms. The Labute approximate surface area is 129 Å². The Morgan fingerprint density at radius 2 is 2.00 bits per heavy atom. The highest BCUT2D eigenvalue weighted by Gasteiger charge is 2.11. The van der Waals surface area contributed by atoms with Crippen LogP contribution in [0.1, 0.15) is 25.0 Å². The van der Waals surface area contributed by atoms with Crippen LogP contribution in [0.25, 0.3) is 11.0 Å². The zero-order valence-electron chi connectivity index (χ0n) is 12.9. The van der Waals surface area contributed by atoms with Crippen molar-refractivity contribution in [2.75, 3.05) is 0 Å². The molecule has 0 radical (unpaired) electrons. The molecule has 0 aliphatic carbocycles. The van der Waals surface area contributed by atoms with Crippen molar-refractivity contribution in [3.05, 3.63) is 53.9 Å². The van der Waals surface area contributed by atoms with Gasteiger partial charge in [0.05, 0.1) is 6.20 Å². The quantitative estimate of drug-likeness (QED) is 0.789. The van der Waals surface area contributed by atoms with E-state index < -0.39 is 0 Å². The second kappa shape index (κ2) is 7.31. The monoisotopic (exact) mass is 297 g/mol. The first kappa shape index (κ1) is 15.6. The maximum atomic E-state index is 12.1. The summed E-state index contributed by atoms with van der Waals surface area (Å²) in [4.78, 5) is 16.1. The van der Waals surface area contributed by atoms with Gasteiger partial charge in [0.1, 0.15) is 11.0 Å². The van der Waals surface area contributed by atoms with Gasteiger partial charge in [0, 0.05) is 12.7 Å². The molecule has 0 unspecified atom stereocenters. The van der Waals surface area contributed by atoms with E-state index >= 15 is 0 Å². The second-order valence-electron chi connectivity index (χ2n) is 4.45. The minimum absolute atomic E-state index is 0.304. The highest BCUT2D eigenvalue weighted by molar-refractivity contribution is 5.87. The minimum atomic E-state index is -0.304. The fraction of sp³-hybridized carbons (Fsp3) is 0.250. The number of amides is 1. The Bertz CT molecular complexity index is 766. The summed E-state index contributed by atoms with van der Waals surface area (Å²) >= 11 is 0. The molecule has 0 aliphatic rings. The number of fused-ring (bicyclic) bond motifs is 1. The maximum absolute atomic E-state index is 12.1. The van der Waals surface area contributed by atoms with Crippen LogP contribution < -0.4 is 5.32 Å². The van der Waals surface area contributed by atoms with Gasteiger partial charge in [-0.3, -0.25) is 4.98 Å². The van der Waals surface area contributed by atoms with Crippen LogP contribution in [0.4, 0.5) is 4.79 Å². The zero-order chi connectivity index (χ0) is 15.9. The number of hydrogen-bond donors (Lipinski definition) is 1. The molecule has 0 saturated heterocycles. The molecule has 6 heteroatoms. The van der Waals surface area contributed by atoms with Gasteiger partial charge in [-0.1, -0.05) is 43.3 Å². The summed E-state index contributed by atoms with van der Waals surface area (Å²) in [6.45, 7) is 6.47. The summed E-state index contributed by atoms with van der Waals surface area (Å²) < 4.78 is 1.25. The van der Waals surface area contributed by atoms with E-state index in [0.717, 1.165) is 11.1 Å². The van der Waals surface area contributed by atoms with E-state index in [0.29, 0.717) is 17.6 Å². The van der Waals surface area contributed by atoms with Crippen LogP contribution in [0, 0.1) is 6.92 Å². The Morgan fingerprint density at radius 1 is 1.23 bits per heavy atom. The number of carbonyl (C=O) groups excluding carboxylic acids is 1. The summed E-state index contributed by atoms with van der Waals surface area (Å²) in [6.07, 6.45) is 3.18. The number of nitrogens with one attached hydrogen (secondary N) is 1. The average Bonchev–Trinajstić information content (AvgIpc) is 3.00. The van der Waals surface area contributed by atoms with Crippen LogP contribution in [0.2, 0.25) is 0 Å². The van der Waals surface area contributed by atoms with E-state index in [2.05, 4.69) is 20.6 Å². The van der Waals surface area contributed by atoms with Crippen molar-refractivity contribution in [3.63, 3.8) is 0 Å². The molecule has 22 heavy (non-hydrogen) atoms. The molecule has 0 atom stereocenters. The highest BCUT2D eigenvalue weighted by Crippen LogP contribution is 2.09. The van der Waals surface area contributed by atoms with Gasteiger partial charge in [-0.15, -0.1) is 5.10 Å². The van der Waals surface area contributed by atoms with Gasteiger partial charge < -0.3 is 5.32 Å². The number of carbonyl (C=O) groups is 1. The standard InChI is InChI=1S/C14H13N5O.C2H6/c1-10-4-2-3-5-11(10)8-16-14(20)19-13-6-7-15-9-12(13)17-18-19;1-2/h2-7,9H,8H2,1H3,(H,16,20);1-2H3. The van der Waals surface area contributed by atoms with E-state index in [1.165, 1.54) is 4.68 Å². The lowest BCUT2D eigenvalue weighted by molar-refractivity contribution is 0.239. The number of aromatic nitrogens is 4. The van der Waals surface area contributed by atoms with Crippen molar-refractivity contribution in [3.8, 4) is 0 Å². The van der Waals surface area contributed by atoms with Crippen LogP contribution in [0.5, 0.6) is 0 Å². The third kappa shape index (κ3) is 3.28. The van der Waals surface area contributed by atoms with Gasteiger partial charge in [-0.2, -0.15) is 4.68 Å². The van der Waals surface area contributed by atoms with Gasteiger partial charge in [0.25, 0.3) is 0 Å². The number of pyridine rings is 1. The normalized spacial score (nSPS) is 9.95. The van der Waals surface area contributed by atoms with Crippen LogP contribution in [0.3, 0.4) is 0 Å². The fourth-order valence-corrected chi connectivity index (χ4v) is 1.98. The summed E-state index contributed by atoms with van der Waals surface area (Å²) in [6, 6.07) is 9.32. The lowest BCUT2D eigenvalue weighted by Crippen LogP contribution is -2.29. The molecule has 1 aromatic carbocycles. The lowest BCUT2D eigenvalue weighted by atomic mass is 10.1. The predicted molar refractivity (Wildman–Crippen MR) is 85.5 cm³/mol. The number of rotatable bonds is 2. The van der Waals surface area contributed by atoms with Gasteiger partial charge >= 0.3 is 6.03 Å². The van der Waals surface area contributed by atoms with Gasteiger partial charge in [-0.05, 0) is 24.1 Å². The SMILES string of the molecule is CC.Cc1ccccc1CNC(=O)n1nnc2cnccc21. The molecule has 0 bridgehead atoms. The molecule has 6 nitrogen and oxygen atoms in total. The van der Waals surface area contributed by atoms with Crippen molar-refractivity contribution in [2.24, 2.45) is 0 Å². The molecule has 0 aliphatic heterocycles. The highest BCUT2D eigenvalue weighted by atomic mass is 16.2. The van der Waals surface area contributed by atoms with E-state index in [1.807, 2.05) is 45.0 Å². The number of hydrogen-bond acceptors (Lipinski definition) is 4. The van der Waals surface area contributed by atoms with Crippen molar-refractivity contribution in [2.45, 2.75) is 27.3 Å². The Kier molecular flexibility index (Phi) is 5.19. The summed E-state index contributed by atoms with van der Waals surface area (Å²) in [7, 11) is 0. The average molecular weight is 297 g/mol. The van der Waals surface area contributed by atoms with Gasteiger partial charge in [0.15, 0.2) is 0 Å². The van der Waals surface area contributed by atoms with Crippen LogP contribution in [0.15, 0.2) is 42.7 Å². The van der Waals surface area contributed by atoms with Crippen LogP contribution in [-0.4, -0.2) is 26.0 Å². The molecule has 3 rings (SSSR count). The Morgan fingerprint density at radius 3 is 2.77 bits per heavy atom. The number of benzene rings is 1. The van der Waals surface area contributed by atoms with Gasteiger partial charge in [-0.25, -0.2) is 4.79 Å². The molecule has 1 N–H and O–H groups in total. The Hall–Kier alpha value is -2.76. The van der Waals surface area contributed by atoms with Crippen LogP contribution in [-0.2, 0) is 6.54 Å². The molecule has 114 valence electrons. The predicted octanol–water partition coefficient (Wildman–Crippen LogP) is 2.92. The van der Waals surface area contributed by atoms with E-state index in [9.17, 15) is 4.79 Å². The van der Waals surface area contributed by atoms with Crippen molar-refractivity contribution in [1.82, 2.24) is 25.3 Å². The third-order valence-electron chi connectivity index (χ3n) is 3.13. The molecule has 3 aromatic rings. The fourth-order valence-electron chi connectivity index (χ4n) is 1.98. The first-order valence-corrected chi connectivity index (χ1v) is 7.24.